The van der Waals surface area contributed by atoms with Crippen molar-refractivity contribution in [1.29, 1.82) is 0 Å². The lowest BCUT2D eigenvalue weighted by molar-refractivity contribution is -0.130. The van der Waals surface area contributed by atoms with Crippen molar-refractivity contribution in [2.45, 2.75) is 32.3 Å². The van der Waals surface area contributed by atoms with Crippen LogP contribution in [0.5, 0.6) is 34.5 Å². The molecule has 2 aliphatic carbocycles. The van der Waals surface area contributed by atoms with Crippen molar-refractivity contribution in [3.8, 4) is 34.5 Å². The normalized spacial score (nSPS) is 19.4. The average Bonchev–Trinajstić information content (AvgIpc) is 2.82. The van der Waals surface area contributed by atoms with Crippen LogP contribution in [0.25, 0.3) is 0 Å². The molecule has 0 spiro atoms. The van der Waals surface area contributed by atoms with Crippen molar-refractivity contribution < 1.29 is 59.3 Å². The van der Waals surface area contributed by atoms with Gasteiger partial charge in [-0.05, 0) is 12.8 Å². The zero-order chi connectivity index (χ0) is 26.9. The van der Waals surface area contributed by atoms with Gasteiger partial charge in [0.25, 0.3) is 5.78 Å². The van der Waals surface area contributed by atoms with Crippen LogP contribution in [0.1, 0.15) is 68.1 Å². The highest BCUT2D eigenvalue weighted by Gasteiger charge is 2.58. The number of fused-ring (bicyclic) bond motifs is 2. The van der Waals surface area contributed by atoms with Crippen molar-refractivity contribution >= 4 is 28.9 Å². The van der Waals surface area contributed by atoms with Gasteiger partial charge in [-0.2, -0.15) is 0 Å². The number of carbonyl (C=O) groups is 5. The standard InChI is InChI=1S/C24H18O12/c1-3-7-16(29)12-8(25)5-10(27)17(30)14(12)19(32)21(7)36-24(4-2)22(34)13-9(26)6-11(28)18(31)15(13)20(33)23(24)35/h5-6,25-28,30-31H,3-4H2,1-2H3. The Morgan fingerprint density at radius 3 is 1.64 bits per heavy atom. The van der Waals surface area contributed by atoms with Gasteiger partial charge in [0, 0.05) is 17.7 Å². The number of aromatic hydroxyl groups is 6. The minimum atomic E-state index is -2.78. The maximum Gasteiger partial charge on any atom is 0.255 e. The van der Waals surface area contributed by atoms with Gasteiger partial charge in [-0.1, -0.05) is 13.8 Å². The van der Waals surface area contributed by atoms with E-state index >= 15 is 0 Å². The molecule has 1 unspecified atom stereocenters. The van der Waals surface area contributed by atoms with Crippen LogP contribution >= 0.6 is 0 Å². The zero-order valence-electron chi connectivity index (χ0n) is 18.7. The average molecular weight is 498 g/mol. The van der Waals surface area contributed by atoms with E-state index in [0.717, 1.165) is 0 Å². The smallest absolute Gasteiger partial charge is 0.255 e. The number of carbonyl (C=O) groups excluding carboxylic acids is 5. The number of allylic oxidation sites excluding steroid dienone is 2. The minimum Gasteiger partial charge on any atom is -0.507 e. The second-order valence-corrected chi connectivity index (χ2v) is 8.12. The molecular formula is C24H18O12. The Kier molecular flexibility index (Phi) is 5.28. The Hall–Kier alpha value is -4.87. The number of phenols is 6. The van der Waals surface area contributed by atoms with Crippen LogP contribution in [0.2, 0.25) is 0 Å². The quantitative estimate of drug-likeness (QED) is 0.154. The fourth-order valence-corrected chi connectivity index (χ4v) is 4.39. The molecule has 4 rings (SSSR count). The number of hydrogen-bond acceptors (Lipinski definition) is 12. The van der Waals surface area contributed by atoms with Gasteiger partial charge >= 0.3 is 0 Å². The van der Waals surface area contributed by atoms with Gasteiger partial charge in [-0.3, -0.25) is 24.0 Å². The Labute approximate surface area is 201 Å². The third-order valence-electron chi connectivity index (χ3n) is 6.25. The predicted molar refractivity (Wildman–Crippen MR) is 117 cm³/mol. The summed E-state index contributed by atoms with van der Waals surface area (Å²) in [5, 5.41) is 60.3. The summed E-state index contributed by atoms with van der Waals surface area (Å²) in [6, 6.07) is 1.22. The lowest BCUT2D eigenvalue weighted by atomic mass is 9.74. The van der Waals surface area contributed by atoms with E-state index in [4.69, 9.17) is 4.74 Å². The monoisotopic (exact) mass is 498 g/mol. The van der Waals surface area contributed by atoms with Crippen LogP contribution < -0.4 is 0 Å². The first kappa shape index (κ1) is 24.3. The predicted octanol–water partition coefficient (Wildman–Crippen LogP) is 1.78. The fourth-order valence-electron chi connectivity index (χ4n) is 4.39. The van der Waals surface area contributed by atoms with Crippen LogP contribution in [0, 0.1) is 0 Å². The Bertz CT molecular complexity index is 1480. The molecule has 186 valence electrons. The summed E-state index contributed by atoms with van der Waals surface area (Å²) < 4.78 is 5.58. The first-order valence-electron chi connectivity index (χ1n) is 10.5. The Morgan fingerprint density at radius 2 is 1.14 bits per heavy atom. The van der Waals surface area contributed by atoms with E-state index in [-0.39, 0.29) is 6.42 Å². The highest BCUT2D eigenvalue weighted by atomic mass is 16.5. The Balaban J connectivity index is 1.97. The maximum atomic E-state index is 13.5. The first-order chi connectivity index (χ1) is 16.8. The highest BCUT2D eigenvalue weighted by Crippen LogP contribution is 2.47. The number of Topliss-reactive ketones (excluding diaryl/α,β-unsaturated/α-hetero) is 5. The number of rotatable bonds is 4. The molecule has 1 atom stereocenters. The highest BCUT2D eigenvalue weighted by molar-refractivity contribution is 6.56. The summed E-state index contributed by atoms with van der Waals surface area (Å²) >= 11 is 0. The van der Waals surface area contributed by atoms with E-state index in [1.165, 1.54) is 13.8 Å². The van der Waals surface area contributed by atoms with E-state index in [9.17, 15) is 54.6 Å². The molecule has 12 heteroatoms. The molecule has 0 radical (unpaired) electrons. The van der Waals surface area contributed by atoms with Crippen LogP contribution in [-0.4, -0.2) is 65.2 Å². The number of benzene rings is 2. The summed E-state index contributed by atoms with van der Waals surface area (Å²) in [5.74, 6) is -13.4. The number of phenolic OH excluding ortho intramolecular Hbond substituents is 6. The molecule has 0 saturated heterocycles. The SMILES string of the molecule is CCC1=C(OC2(CC)C(=O)C(=O)c3c(O)c(O)cc(O)c3C2=O)C(=O)c2c(O)c(O)cc(O)c2C1=O. The fraction of sp³-hybridized carbons (Fsp3) is 0.208. The van der Waals surface area contributed by atoms with Crippen molar-refractivity contribution in [3.05, 3.63) is 45.7 Å². The lowest BCUT2D eigenvalue weighted by Gasteiger charge is -2.36. The summed E-state index contributed by atoms with van der Waals surface area (Å²) in [5.41, 5.74) is -6.46. The minimum absolute atomic E-state index is 0.215. The van der Waals surface area contributed by atoms with E-state index in [0.29, 0.717) is 12.1 Å². The second kappa shape index (κ2) is 7.83. The largest absolute Gasteiger partial charge is 0.507 e. The molecule has 0 heterocycles. The van der Waals surface area contributed by atoms with E-state index < -0.39 is 109 Å². The van der Waals surface area contributed by atoms with Gasteiger partial charge in [0.1, 0.15) is 11.5 Å². The lowest BCUT2D eigenvalue weighted by Crippen LogP contribution is -2.56. The maximum absolute atomic E-state index is 13.5. The van der Waals surface area contributed by atoms with E-state index in [2.05, 4.69) is 0 Å². The van der Waals surface area contributed by atoms with Crippen molar-refractivity contribution in [2.75, 3.05) is 0 Å². The summed E-state index contributed by atoms with van der Waals surface area (Å²) in [6.07, 6.45) is -0.796. The van der Waals surface area contributed by atoms with Crippen molar-refractivity contribution in [2.24, 2.45) is 0 Å². The van der Waals surface area contributed by atoms with Gasteiger partial charge in [-0.15, -0.1) is 0 Å². The molecule has 0 fully saturated rings. The van der Waals surface area contributed by atoms with Crippen LogP contribution in [0.4, 0.5) is 0 Å². The summed E-state index contributed by atoms with van der Waals surface area (Å²) in [6.45, 7) is 2.66. The van der Waals surface area contributed by atoms with E-state index in [1.807, 2.05) is 0 Å². The molecule has 12 nitrogen and oxygen atoms in total. The van der Waals surface area contributed by atoms with Crippen LogP contribution in [-0.2, 0) is 9.53 Å². The molecule has 6 N–H and O–H groups in total. The molecular weight excluding hydrogens is 480 g/mol. The van der Waals surface area contributed by atoms with Gasteiger partial charge < -0.3 is 35.4 Å². The van der Waals surface area contributed by atoms with Crippen LogP contribution in [0.15, 0.2) is 23.5 Å². The van der Waals surface area contributed by atoms with Gasteiger partial charge in [0.2, 0.25) is 23.0 Å². The summed E-state index contributed by atoms with van der Waals surface area (Å²) in [7, 11) is 0. The second-order valence-electron chi connectivity index (χ2n) is 8.12. The zero-order valence-corrected chi connectivity index (χ0v) is 18.7. The molecule has 0 amide bonds. The molecule has 0 bridgehead atoms. The number of hydrogen-bond donors (Lipinski definition) is 6. The van der Waals surface area contributed by atoms with Crippen molar-refractivity contribution in [3.63, 3.8) is 0 Å². The first-order valence-corrected chi connectivity index (χ1v) is 10.5. The van der Waals surface area contributed by atoms with E-state index in [1.54, 1.807) is 0 Å². The van der Waals surface area contributed by atoms with Crippen molar-refractivity contribution in [1.82, 2.24) is 0 Å². The third kappa shape index (κ3) is 2.90. The molecule has 2 aromatic rings. The Morgan fingerprint density at radius 1 is 0.639 bits per heavy atom. The van der Waals surface area contributed by atoms with Gasteiger partial charge in [0.15, 0.2) is 34.5 Å². The number of ether oxygens (including phenoxy) is 1. The topological polar surface area (TPSA) is 216 Å². The summed E-state index contributed by atoms with van der Waals surface area (Å²) in [4.78, 5) is 66.0. The molecule has 2 aromatic carbocycles. The van der Waals surface area contributed by atoms with Gasteiger partial charge in [0.05, 0.1) is 22.3 Å². The third-order valence-corrected chi connectivity index (χ3v) is 6.25. The molecule has 0 aromatic heterocycles. The molecule has 0 saturated carbocycles. The number of ketones is 5. The van der Waals surface area contributed by atoms with Crippen LogP contribution in [0.3, 0.4) is 0 Å². The molecule has 36 heavy (non-hydrogen) atoms. The molecule has 2 aliphatic rings. The van der Waals surface area contributed by atoms with Gasteiger partial charge in [-0.25, -0.2) is 0 Å². The molecule has 0 aliphatic heterocycles.